The molecule has 0 unspecified atom stereocenters. The zero-order valence-corrected chi connectivity index (χ0v) is 4.87. The number of nitrogens with one attached hydrogen (secondary N) is 1. The molecule has 5 N–H and O–H groups in total. The van der Waals surface area contributed by atoms with Crippen LogP contribution in [0.1, 0.15) is 0 Å². The van der Waals surface area contributed by atoms with Crippen molar-refractivity contribution in [3.8, 4) is 0 Å². The second-order valence-corrected chi connectivity index (χ2v) is 1.56. The lowest BCUT2D eigenvalue weighted by molar-refractivity contribution is -0.150. The molecule has 56 valence electrons. The summed E-state index contributed by atoms with van der Waals surface area (Å²) < 4.78 is 0. The maximum absolute atomic E-state index is 9.98. The Labute approximate surface area is 55.8 Å². The Kier molecular flexibility index (Phi) is 2.36. The Balaban J connectivity index is 4.43. The molecule has 0 rings (SSSR count). The van der Waals surface area contributed by atoms with Gasteiger partial charge in [0, 0.05) is 0 Å². The summed E-state index contributed by atoms with van der Waals surface area (Å²) in [5.74, 6) is -6.04. The van der Waals surface area contributed by atoms with Crippen LogP contribution in [0.2, 0.25) is 0 Å². The van der Waals surface area contributed by atoms with E-state index in [-0.39, 0.29) is 0 Å². The average Bonchev–Trinajstić information content (AvgIpc) is 1.59. The third kappa shape index (κ3) is 1.73. The van der Waals surface area contributed by atoms with E-state index in [4.69, 9.17) is 15.6 Å². The normalized spacial score (nSPS) is 9.30. The fraction of sp³-hybridized carbons (Fsp3) is 0.250. The maximum Gasteiger partial charge on any atom is 0.325 e. The summed E-state index contributed by atoms with van der Waals surface area (Å²) in [7, 11) is 0. The van der Waals surface area contributed by atoms with E-state index < -0.39 is 23.7 Å². The van der Waals surface area contributed by atoms with Crippen molar-refractivity contribution in [2.75, 3.05) is 0 Å². The molecular formula is C4H6N2O4. The highest BCUT2D eigenvalue weighted by Crippen LogP contribution is 1.94. The summed E-state index contributed by atoms with van der Waals surface area (Å²) >= 11 is 0. The molecule has 10 heavy (non-hydrogen) atoms. The molecule has 0 saturated carbocycles. The van der Waals surface area contributed by atoms with Crippen molar-refractivity contribution in [3.05, 3.63) is 0 Å². The predicted molar refractivity (Wildman–Crippen MR) is 30.7 cm³/mol. The van der Waals surface area contributed by atoms with Gasteiger partial charge < -0.3 is 15.9 Å². The predicted octanol–water partition coefficient (Wildman–Crippen LogP) is -1.29. The molecule has 0 fully saturated rings. The van der Waals surface area contributed by atoms with Crippen LogP contribution in [0.4, 0.5) is 0 Å². The second-order valence-electron chi connectivity index (χ2n) is 1.56. The first-order valence-corrected chi connectivity index (χ1v) is 2.26. The second kappa shape index (κ2) is 2.81. The van der Waals surface area contributed by atoms with Crippen molar-refractivity contribution < 1.29 is 19.8 Å². The van der Waals surface area contributed by atoms with Gasteiger partial charge in [0.15, 0.2) is 0 Å². The minimum absolute atomic E-state index is 0.875. The van der Waals surface area contributed by atoms with E-state index in [2.05, 4.69) is 5.73 Å². The maximum atomic E-state index is 9.98. The molecule has 0 aliphatic carbocycles. The molecule has 0 aliphatic heterocycles. The minimum atomic E-state index is -1.92. The summed E-state index contributed by atoms with van der Waals surface area (Å²) in [6, 6.07) is 0. The number of hydrogen-bond donors (Lipinski definition) is 4. The Morgan fingerprint density at radius 1 is 1.30 bits per heavy atom. The smallest absolute Gasteiger partial charge is 0.325 e. The number of aliphatic carboxylic acids is 2. The molecule has 0 spiro atoms. The molecule has 0 atom stereocenters. The van der Waals surface area contributed by atoms with Crippen LogP contribution in [0, 0.1) is 11.3 Å². The average molecular weight is 146 g/mol. The van der Waals surface area contributed by atoms with Crippen molar-refractivity contribution in [2.24, 2.45) is 11.7 Å². The van der Waals surface area contributed by atoms with Crippen LogP contribution < -0.4 is 5.73 Å². The van der Waals surface area contributed by atoms with E-state index in [0.29, 0.717) is 0 Å². The lowest BCUT2D eigenvalue weighted by Crippen LogP contribution is -2.35. The van der Waals surface area contributed by atoms with Gasteiger partial charge in [-0.25, -0.2) is 0 Å². The van der Waals surface area contributed by atoms with Gasteiger partial charge in [-0.3, -0.25) is 15.0 Å². The van der Waals surface area contributed by atoms with Gasteiger partial charge in [0.1, 0.15) is 5.84 Å². The summed E-state index contributed by atoms with van der Waals surface area (Å²) in [5, 5.41) is 22.8. The molecule has 0 aromatic rings. The molecular weight excluding hydrogens is 140 g/mol. The van der Waals surface area contributed by atoms with Crippen LogP contribution in [0.5, 0.6) is 0 Å². The highest BCUT2D eigenvalue weighted by Gasteiger charge is 2.28. The largest absolute Gasteiger partial charge is 0.480 e. The first-order chi connectivity index (χ1) is 4.46. The van der Waals surface area contributed by atoms with Crippen molar-refractivity contribution in [2.45, 2.75) is 0 Å². The van der Waals surface area contributed by atoms with Crippen molar-refractivity contribution >= 4 is 17.8 Å². The molecule has 0 radical (unpaired) electrons. The van der Waals surface area contributed by atoms with Crippen molar-refractivity contribution in [1.82, 2.24) is 0 Å². The molecule has 0 bridgehead atoms. The number of carbonyl (C=O) groups is 2. The third-order valence-corrected chi connectivity index (χ3v) is 0.805. The van der Waals surface area contributed by atoms with Crippen LogP contribution in [0.15, 0.2) is 0 Å². The number of amidine groups is 1. The van der Waals surface area contributed by atoms with E-state index >= 15 is 0 Å². The lowest BCUT2D eigenvalue weighted by atomic mass is 10.1. The summed E-state index contributed by atoms with van der Waals surface area (Å²) in [6.45, 7) is 0. The zero-order valence-electron chi connectivity index (χ0n) is 4.87. The van der Waals surface area contributed by atoms with Crippen molar-refractivity contribution in [3.63, 3.8) is 0 Å². The first-order valence-electron chi connectivity index (χ1n) is 2.26. The van der Waals surface area contributed by atoms with Crippen LogP contribution in [-0.2, 0) is 9.59 Å². The standard InChI is InChI=1S/C4H6N2O4/c5-2(6)1(3(7)8)4(9)10/h1H,(H3,5,6)(H,7,8)(H,9,10). The molecule has 0 aliphatic rings. The van der Waals surface area contributed by atoms with Gasteiger partial charge in [-0.05, 0) is 0 Å². The van der Waals surface area contributed by atoms with Crippen LogP contribution in [0.25, 0.3) is 0 Å². The molecule has 6 heteroatoms. The first kappa shape index (κ1) is 8.41. The topological polar surface area (TPSA) is 124 Å². The fourth-order valence-corrected chi connectivity index (χ4v) is 0.372. The quantitative estimate of drug-likeness (QED) is 0.224. The molecule has 6 nitrogen and oxygen atoms in total. The number of hydrogen-bond acceptors (Lipinski definition) is 3. The third-order valence-electron chi connectivity index (χ3n) is 0.805. The SMILES string of the molecule is N=C(N)C(C(=O)O)C(=O)O. The Bertz CT molecular complexity index is 154. The Morgan fingerprint density at radius 3 is 1.60 bits per heavy atom. The molecule has 0 saturated heterocycles. The van der Waals surface area contributed by atoms with Gasteiger partial charge in [0.25, 0.3) is 0 Å². The number of carboxylic acid groups (broad SMARTS) is 2. The van der Waals surface area contributed by atoms with Gasteiger partial charge in [-0.1, -0.05) is 0 Å². The Morgan fingerprint density at radius 2 is 1.60 bits per heavy atom. The summed E-state index contributed by atoms with van der Waals surface area (Å²) in [6.07, 6.45) is 0. The van der Waals surface area contributed by atoms with Crippen LogP contribution in [-0.4, -0.2) is 28.0 Å². The van der Waals surface area contributed by atoms with E-state index in [1.165, 1.54) is 0 Å². The van der Waals surface area contributed by atoms with E-state index in [1.807, 2.05) is 0 Å². The fourth-order valence-electron chi connectivity index (χ4n) is 0.372. The molecule has 0 aromatic carbocycles. The molecule has 0 aromatic heterocycles. The van der Waals surface area contributed by atoms with Gasteiger partial charge in [0.2, 0.25) is 5.92 Å². The highest BCUT2D eigenvalue weighted by atomic mass is 16.4. The number of nitrogens with two attached hydrogens (primary N) is 1. The Hall–Kier alpha value is -1.59. The zero-order chi connectivity index (χ0) is 8.31. The summed E-state index contributed by atoms with van der Waals surface area (Å²) in [4.78, 5) is 20.0. The van der Waals surface area contributed by atoms with Crippen molar-refractivity contribution in [1.29, 1.82) is 5.41 Å². The van der Waals surface area contributed by atoms with E-state index in [9.17, 15) is 9.59 Å². The van der Waals surface area contributed by atoms with Gasteiger partial charge in [0.05, 0.1) is 0 Å². The van der Waals surface area contributed by atoms with Crippen LogP contribution >= 0.6 is 0 Å². The summed E-state index contributed by atoms with van der Waals surface area (Å²) in [5.41, 5.74) is 4.66. The molecule has 0 amide bonds. The van der Waals surface area contributed by atoms with Crippen LogP contribution in [0.3, 0.4) is 0 Å². The van der Waals surface area contributed by atoms with E-state index in [0.717, 1.165) is 0 Å². The minimum Gasteiger partial charge on any atom is -0.480 e. The van der Waals surface area contributed by atoms with E-state index in [1.54, 1.807) is 0 Å². The van der Waals surface area contributed by atoms with Gasteiger partial charge in [-0.2, -0.15) is 0 Å². The lowest BCUT2D eigenvalue weighted by Gasteiger charge is -2.02. The van der Waals surface area contributed by atoms with Gasteiger partial charge in [-0.15, -0.1) is 0 Å². The number of carboxylic acids is 2. The molecule has 0 heterocycles. The number of rotatable bonds is 3. The monoisotopic (exact) mass is 146 g/mol. The van der Waals surface area contributed by atoms with Gasteiger partial charge >= 0.3 is 11.9 Å². The highest BCUT2D eigenvalue weighted by molar-refractivity contribution is 6.13.